The van der Waals surface area contributed by atoms with Gasteiger partial charge in [-0.1, -0.05) is 0 Å². The first-order valence-corrected chi connectivity index (χ1v) is 8.93. The van der Waals surface area contributed by atoms with Crippen molar-refractivity contribution in [3.8, 4) is 11.3 Å². The molecule has 1 saturated heterocycles. The predicted octanol–water partition coefficient (Wildman–Crippen LogP) is 2.75. The van der Waals surface area contributed by atoms with Gasteiger partial charge in [0.15, 0.2) is 0 Å². The first kappa shape index (κ1) is 17.1. The number of aryl methyl sites for hydroxylation is 1. The maximum absolute atomic E-state index is 12.2. The number of esters is 1. The molecule has 0 radical (unpaired) electrons. The van der Waals surface area contributed by atoms with Crippen LogP contribution in [-0.2, 0) is 28.9 Å². The van der Waals surface area contributed by atoms with E-state index < -0.39 is 5.97 Å². The van der Waals surface area contributed by atoms with Gasteiger partial charge >= 0.3 is 5.97 Å². The molecule has 1 fully saturated rings. The van der Waals surface area contributed by atoms with E-state index in [4.69, 9.17) is 26.1 Å². The van der Waals surface area contributed by atoms with Gasteiger partial charge in [0.05, 0.1) is 47.9 Å². The van der Waals surface area contributed by atoms with E-state index in [1.807, 2.05) is 23.9 Å². The fraction of sp³-hybridized carbons (Fsp3) is 0.389. The summed E-state index contributed by atoms with van der Waals surface area (Å²) in [6.07, 6.45) is 3.01. The van der Waals surface area contributed by atoms with Crippen LogP contribution in [0.4, 0.5) is 0 Å². The Morgan fingerprint density at radius 1 is 1.46 bits per heavy atom. The highest BCUT2D eigenvalue weighted by molar-refractivity contribution is 6.17. The van der Waals surface area contributed by atoms with Crippen LogP contribution in [-0.4, -0.2) is 45.1 Å². The quantitative estimate of drug-likeness (QED) is 0.507. The van der Waals surface area contributed by atoms with Crippen LogP contribution in [0, 0.1) is 0 Å². The molecular formula is C18H19ClN4O3. The Morgan fingerprint density at radius 3 is 2.85 bits per heavy atom. The first-order valence-electron chi connectivity index (χ1n) is 8.39. The number of hydrogen-bond acceptors (Lipinski definition) is 5. The first-order chi connectivity index (χ1) is 12.6. The minimum atomic E-state index is -0.399. The summed E-state index contributed by atoms with van der Waals surface area (Å²) in [5.74, 6) is 0.622. The SMILES string of the molecule is COC(=O)c1cc(-c2ccn(C)n2)c2nc(CCl)n(C[C@@H]3CCO3)c2c1. The van der Waals surface area contributed by atoms with Crippen molar-refractivity contribution < 1.29 is 14.3 Å². The number of imidazole rings is 1. The summed E-state index contributed by atoms with van der Waals surface area (Å²) in [5, 5.41) is 4.47. The summed E-state index contributed by atoms with van der Waals surface area (Å²) in [4.78, 5) is 16.9. The average Bonchev–Trinajstić information content (AvgIpc) is 3.19. The maximum Gasteiger partial charge on any atom is 0.337 e. The fourth-order valence-corrected chi connectivity index (χ4v) is 3.40. The lowest BCUT2D eigenvalue weighted by Gasteiger charge is -2.27. The van der Waals surface area contributed by atoms with Gasteiger partial charge < -0.3 is 14.0 Å². The van der Waals surface area contributed by atoms with E-state index in [1.165, 1.54) is 7.11 Å². The monoisotopic (exact) mass is 374 g/mol. The topological polar surface area (TPSA) is 71.2 Å². The van der Waals surface area contributed by atoms with E-state index >= 15 is 0 Å². The molecule has 0 spiro atoms. The van der Waals surface area contributed by atoms with Crippen LogP contribution >= 0.6 is 11.6 Å². The Morgan fingerprint density at radius 2 is 2.27 bits per heavy atom. The van der Waals surface area contributed by atoms with Gasteiger partial charge in [-0.25, -0.2) is 9.78 Å². The molecule has 8 heteroatoms. The standard InChI is InChI=1S/C18H19ClN4O3/c1-22-5-3-14(21-22)13-7-11(18(24)25-2)8-15-17(13)20-16(9-19)23(15)10-12-4-6-26-12/h3,5,7-8,12H,4,6,9-10H2,1-2H3/t12-/m0/s1. The lowest BCUT2D eigenvalue weighted by Crippen LogP contribution is -2.31. The number of aromatic nitrogens is 4. The van der Waals surface area contributed by atoms with Gasteiger partial charge in [-0.3, -0.25) is 4.68 Å². The number of carbonyl (C=O) groups excluding carboxylic acids is 1. The maximum atomic E-state index is 12.2. The van der Waals surface area contributed by atoms with Crippen molar-refractivity contribution in [2.75, 3.05) is 13.7 Å². The molecule has 2 aromatic heterocycles. The fourth-order valence-electron chi connectivity index (χ4n) is 3.20. The molecule has 1 aliphatic heterocycles. The molecule has 0 bridgehead atoms. The highest BCUT2D eigenvalue weighted by atomic mass is 35.5. The number of nitrogens with zero attached hydrogens (tertiary/aromatic N) is 4. The molecule has 3 heterocycles. The third-order valence-corrected chi connectivity index (χ3v) is 4.88. The van der Waals surface area contributed by atoms with Gasteiger partial charge in [-0.15, -0.1) is 11.6 Å². The van der Waals surface area contributed by atoms with Gasteiger partial charge in [0.25, 0.3) is 0 Å². The van der Waals surface area contributed by atoms with Gasteiger partial charge in [-0.2, -0.15) is 5.10 Å². The minimum absolute atomic E-state index is 0.148. The van der Waals surface area contributed by atoms with Crippen molar-refractivity contribution in [2.24, 2.45) is 7.05 Å². The molecule has 4 rings (SSSR count). The summed E-state index contributed by atoms with van der Waals surface area (Å²) >= 11 is 6.14. The van der Waals surface area contributed by atoms with Crippen molar-refractivity contribution in [1.82, 2.24) is 19.3 Å². The lowest BCUT2D eigenvalue weighted by atomic mass is 10.1. The number of benzene rings is 1. The van der Waals surface area contributed by atoms with E-state index in [0.717, 1.165) is 41.1 Å². The Labute approximate surface area is 155 Å². The largest absolute Gasteiger partial charge is 0.465 e. The molecule has 0 unspecified atom stereocenters. The zero-order chi connectivity index (χ0) is 18.3. The summed E-state index contributed by atoms with van der Waals surface area (Å²) in [6.45, 7) is 1.44. The summed E-state index contributed by atoms with van der Waals surface area (Å²) < 4.78 is 14.2. The van der Waals surface area contributed by atoms with Crippen molar-refractivity contribution >= 4 is 28.6 Å². The summed E-state index contributed by atoms with van der Waals surface area (Å²) in [5.41, 5.74) is 3.58. The van der Waals surface area contributed by atoms with Crippen LogP contribution < -0.4 is 0 Å². The number of methoxy groups -OCH3 is 1. The number of alkyl halides is 1. The second-order valence-corrected chi connectivity index (χ2v) is 6.58. The number of carbonyl (C=O) groups is 1. The third-order valence-electron chi connectivity index (χ3n) is 4.64. The van der Waals surface area contributed by atoms with Crippen LogP contribution in [0.3, 0.4) is 0 Å². The van der Waals surface area contributed by atoms with Crippen LogP contribution in [0.15, 0.2) is 24.4 Å². The average molecular weight is 375 g/mol. The summed E-state index contributed by atoms with van der Waals surface area (Å²) in [7, 11) is 3.22. The normalized spacial score (nSPS) is 16.7. The zero-order valence-corrected chi connectivity index (χ0v) is 15.4. The molecule has 0 amide bonds. The van der Waals surface area contributed by atoms with Crippen molar-refractivity contribution in [3.05, 3.63) is 35.8 Å². The molecule has 0 saturated carbocycles. The Kier molecular flexibility index (Phi) is 4.42. The highest BCUT2D eigenvalue weighted by Gasteiger charge is 2.24. The molecule has 1 atom stereocenters. The minimum Gasteiger partial charge on any atom is -0.465 e. The molecule has 1 aromatic carbocycles. The Bertz CT molecular complexity index is 974. The number of ether oxygens (including phenoxy) is 2. The molecule has 1 aliphatic rings. The highest BCUT2D eigenvalue weighted by Crippen LogP contribution is 2.31. The molecule has 0 N–H and O–H groups in total. The summed E-state index contributed by atoms with van der Waals surface area (Å²) in [6, 6.07) is 5.46. The van der Waals surface area contributed by atoms with E-state index in [1.54, 1.807) is 16.8 Å². The number of halogens is 1. The van der Waals surface area contributed by atoms with Gasteiger partial charge in [-0.05, 0) is 24.6 Å². The van der Waals surface area contributed by atoms with Gasteiger partial charge in [0, 0.05) is 25.4 Å². The number of fused-ring (bicyclic) bond motifs is 1. The van der Waals surface area contributed by atoms with E-state index in [9.17, 15) is 4.79 Å². The molecule has 136 valence electrons. The third kappa shape index (κ3) is 2.87. The second-order valence-electron chi connectivity index (χ2n) is 6.31. The van der Waals surface area contributed by atoms with Crippen molar-refractivity contribution in [1.29, 1.82) is 0 Å². The number of hydrogen-bond donors (Lipinski definition) is 0. The zero-order valence-electron chi connectivity index (χ0n) is 14.6. The van der Waals surface area contributed by atoms with Gasteiger partial charge in [0.2, 0.25) is 0 Å². The van der Waals surface area contributed by atoms with Gasteiger partial charge in [0.1, 0.15) is 5.82 Å². The second kappa shape index (κ2) is 6.74. The molecule has 0 aliphatic carbocycles. The van der Waals surface area contributed by atoms with E-state index in [2.05, 4.69) is 5.10 Å². The van der Waals surface area contributed by atoms with Crippen LogP contribution in [0.2, 0.25) is 0 Å². The van der Waals surface area contributed by atoms with Crippen molar-refractivity contribution in [3.63, 3.8) is 0 Å². The smallest absolute Gasteiger partial charge is 0.337 e. The lowest BCUT2D eigenvalue weighted by molar-refractivity contribution is -0.0589. The molecule has 7 nitrogen and oxygen atoms in total. The van der Waals surface area contributed by atoms with E-state index in [-0.39, 0.29) is 12.0 Å². The predicted molar refractivity (Wildman–Crippen MR) is 97.2 cm³/mol. The molecule has 26 heavy (non-hydrogen) atoms. The molecular weight excluding hydrogens is 356 g/mol. The molecule has 3 aromatic rings. The Hall–Kier alpha value is -2.38. The Balaban J connectivity index is 1.95. The van der Waals surface area contributed by atoms with Crippen LogP contribution in [0.5, 0.6) is 0 Å². The van der Waals surface area contributed by atoms with Crippen LogP contribution in [0.25, 0.3) is 22.3 Å². The number of rotatable bonds is 5. The van der Waals surface area contributed by atoms with Crippen molar-refractivity contribution in [2.45, 2.75) is 24.9 Å². The van der Waals surface area contributed by atoms with E-state index in [0.29, 0.717) is 12.1 Å². The van der Waals surface area contributed by atoms with Crippen LogP contribution in [0.1, 0.15) is 22.6 Å².